The van der Waals surface area contributed by atoms with Crippen LogP contribution in [0.5, 0.6) is 0 Å². The van der Waals surface area contributed by atoms with E-state index in [1.807, 2.05) is 0 Å². The Labute approximate surface area is 98.7 Å². The van der Waals surface area contributed by atoms with Gasteiger partial charge in [0, 0.05) is 17.3 Å². The van der Waals surface area contributed by atoms with E-state index < -0.39 is 0 Å². The molecule has 0 aliphatic heterocycles. The molecule has 1 aromatic heterocycles. The molecular formula is C13H23N3. The van der Waals surface area contributed by atoms with Crippen LogP contribution in [0, 0.1) is 13.8 Å². The average Bonchev–Trinajstić information content (AvgIpc) is 2.21. The standard InChI is InChI=1S/C13H23N3/c1-6-14-8-7-12-10(4)15-13(9(2)3)16-11(12)5/h9,14H,6-8H2,1-5H3. The Morgan fingerprint density at radius 3 is 2.12 bits per heavy atom. The molecule has 0 atom stereocenters. The second-order valence-corrected chi connectivity index (χ2v) is 4.49. The van der Waals surface area contributed by atoms with Gasteiger partial charge < -0.3 is 5.32 Å². The summed E-state index contributed by atoms with van der Waals surface area (Å²) in [6, 6.07) is 0. The molecule has 0 aliphatic carbocycles. The van der Waals surface area contributed by atoms with Crippen LogP contribution in [0.1, 0.15) is 49.5 Å². The number of hydrogen-bond acceptors (Lipinski definition) is 3. The largest absolute Gasteiger partial charge is 0.317 e. The smallest absolute Gasteiger partial charge is 0.131 e. The third-order valence-corrected chi connectivity index (χ3v) is 2.76. The Morgan fingerprint density at radius 2 is 1.69 bits per heavy atom. The van der Waals surface area contributed by atoms with Gasteiger partial charge in [-0.05, 0) is 38.9 Å². The summed E-state index contributed by atoms with van der Waals surface area (Å²) in [5, 5.41) is 3.33. The molecular weight excluding hydrogens is 198 g/mol. The predicted octanol–water partition coefficient (Wildman–Crippen LogP) is 2.37. The summed E-state index contributed by atoms with van der Waals surface area (Å²) in [4.78, 5) is 9.15. The molecule has 1 heterocycles. The molecule has 1 rings (SSSR count). The van der Waals surface area contributed by atoms with E-state index in [1.165, 1.54) is 5.56 Å². The van der Waals surface area contributed by atoms with E-state index in [0.29, 0.717) is 5.92 Å². The first-order valence-electron chi connectivity index (χ1n) is 6.11. The highest BCUT2D eigenvalue weighted by molar-refractivity contribution is 5.25. The van der Waals surface area contributed by atoms with Crippen LogP contribution in [0.4, 0.5) is 0 Å². The van der Waals surface area contributed by atoms with Gasteiger partial charge in [0.05, 0.1) is 0 Å². The van der Waals surface area contributed by atoms with Crippen molar-refractivity contribution in [2.45, 2.75) is 47.0 Å². The van der Waals surface area contributed by atoms with Gasteiger partial charge in [-0.15, -0.1) is 0 Å². The zero-order valence-corrected chi connectivity index (χ0v) is 11.1. The number of nitrogens with zero attached hydrogens (tertiary/aromatic N) is 2. The highest BCUT2D eigenvalue weighted by Gasteiger charge is 2.10. The minimum Gasteiger partial charge on any atom is -0.317 e. The molecule has 0 aromatic carbocycles. The molecule has 0 fully saturated rings. The fourth-order valence-electron chi connectivity index (χ4n) is 1.78. The molecule has 3 nitrogen and oxygen atoms in total. The molecule has 1 N–H and O–H groups in total. The van der Waals surface area contributed by atoms with Crippen LogP contribution in [-0.2, 0) is 6.42 Å². The summed E-state index contributed by atoms with van der Waals surface area (Å²) in [6.45, 7) is 12.6. The maximum atomic E-state index is 4.57. The minimum atomic E-state index is 0.403. The number of aromatic nitrogens is 2. The maximum Gasteiger partial charge on any atom is 0.131 e. The van der Waals surface area contributed by atoms with Crippen molar-refractivity contribution in [3.05, 3.63) is 22.8 Å². The van der Waals surface area contributed by atoms with Crippen LogP contribution in [0.15, 0.2) is 0 Å². The van der Waals surface area contributed by atoms with Crippen molar-refractivity contribution in [2.75, 3.05) is 13.1 Å². The van der Waals surface area contributed by atoms with Crippen molar-refractivity contribution >= 4 is 0 Å². The zero-order valence-electron chi connectivity index (χ0n) is 11.1. The average molecular weight is 221 g/mol. The minimum absolute atomic E-state index is 0.403. The Balaban J connectivity index is 2.85. The highest BCUT2D eigenvalue weighted by Crippen LogP contribution is 2.15. The van der Waals surface area contributed by atoms with E-state index in [9.17, 15) is 0 Å². The van der Waals surface area contributed by atoms with Gasteiger partial charge in [-0.3, -0.25) is 0 Å². The van der Waals surface area contributed by atoms with E-state index in [-0.39, 0.29) is 0 Å². The number of rotatable bonds is 5. The second-order valence-electron chi connectivity index (χ2n) is 4.49. The van der Waals surface area contributed by atoms with Crippen molar-refractivity contribution in [2.24, 2.45) is 0 Å². The lowest BCUT2D eigenvalue weighted by molar-refractivity contribution is 0.696. The first-order chi connectivity index (χ1) is 7.56. The Bertz CT molecular complexity index is 322. The van der Waals surface area contributed by atoms with E-state index >= 15 is 0 Å². The van der Waals surface area contributed by atoms with Crippen LogP contribution in [0.2, 0.25) is 0 Å². The lowest BCUT2D eigenvalue weighted by Gasteiger charge is -2.12. The van der Waals surface area contributed by atoms with Gasteiger partial charge in [0.15, 0.2) is 0 Å². The first kappa shape index (κ1) is 13.1. The van der Waals surface area contributed by atoms with Gasteiger partial charge in [0.1, 0.15) is 5.82 Å². The fraction of sp³-hybridized carbons (Fsp3) is 0.692. The third-order valence-electron chi connectivity index (χ3n) is 2.76. The van der Waals surface area contributed by atoms with E-state index in [4.69, 9.17) is 0 Å². The molecule has 0 spiro atoms. The second kappa shape index (κ2) is 5.94. The number of likely N-dealkylation sites (N-methyl/N-ethyl adjacent to an activating group) is 1. The van der Waals surface area contributed by atoms with Gasteiger partial charge >= 0.3 is 0 Å². The predicted molar refractivity (Wildman–Crippen MR) is 67.8 cm³/mol. The summed E-state index contributed by atoms with van der Waals surface area (Å²) in [5.41, 5.74) is 3.56. The van der Waals surface area contributed by atoms with Crippen LogP contribution in [0.25, 0.3) is 0 Å². The monoisotopic (exact) mass is 221 g/mol. The Kier molecular flexibility index (Phi) is 4.87. The van der Waals surface area contributed by atoms with E-state index in [0.717, 1.165) is 36.7 Å². The quantitative estimate of drug-likeness (QED) is 0.776. The Morgan fingerprint density at radius 1 is 1.12 bits per heavy atom. The lowest BCUT2D eigenvalue weighted by Crippen LogP contribution is -2.18. The molecule has 0 unspecified atom stereocenters. The highest BCUT2D eigenvalue weighted by atomic mass is 14.9. The topological polar surface area (TPSA) is 37.8 Å². The molecule has 16 heavy (non-hydrogen) atoms. The van der Waals surface area contributed by atoms with E-state index in [2.05, 4.69) is 49.9 Å². The van der Waals surface area contributed by atoms with Gasteiger partial charge in [-0.1, -0.05) is 20.8 Å². The number of aryl methyl sites for hydroxylation is 2. The molecule has 3 heteroatoms. The zero-order chi connectivity index (χ0) is 12.1. The van der Waals surface area contributed by atoms with Crippen molar-refractivity contribution in [3.63, 3.8) is 0 Å². The summed E-state index contributed by atoms with van der Waals surface area (Å²) >= 11 is 0. The SMILES string of the molecule is CCNCCc1c(C)nc(C(C)C)nc1C. The van der Waals surface area contributed by atoms with Gasteiger partial charge in [0.2, 0.25) is 0 Å². The van der Waals surface area contributed by atoms with Gasteiger partial charge in [0.25, 0.3) is 0 Å². The molecule has 0 amide bonds. The molecule has 0 aliphatic rings. The summed E-state index contributed by atoms with van der Waals surface area (Å²) in [7, 11) is 0. The summed E-state index contributed by atoms with van der Waals surface area (Å²) in [6.07, 6.45) is 1.02. The van der Waals surface area contributed by atoms with E-state index in [1.54, 1.807) is 0 Å². The fourth-order valence-corrected chi connectivity index (χ4v) is 1.78. The van der Waals surface area contributed by atoms with Crippen molar-refractivity contribution in [1.29, 1.82) is 0 Å². The van der Waals surface area contributed by atoms with Crippen LogP contribution < -0.4 is 5.32 Å². The van der Waals surface area contributed by atoms with Crippen LogP contribution in [0.3, 0.4) is 0 Å². The Hall–Kier alpha value is -0.960. The summed E-state index contributed by atoms with van der Waals surface area (Å²) < 4.78 is 0. The normalized spacial score (nSPS) is 11.1. The van der Waals surface area contributed by atoms with Crippen molar-refractivity contribution in [1.82, 2.24) is 15.3 Å². The van der Waals surface area contributed by atoms with Crippen LogP contribution in [-0.4, -0.2) is 23.1 Å². The van der Waals surface area contributed by atoms with Gasteiger partial charge in [-0.2, -0.15) is 0 Å². The third kappa shape index (κ3) is 3.27. The molecule has 0 bridgehead atoms. The van der Waals surface area contributed by atoms with Crippen molar-refractivity contribution < 1.29 is 0 Å². The van der Waals surface area contributed by atoms with Crippen molar-refractivity contribution in [3.8, 4) is 0 Å². The number of nitrogens with one attached hydrogen (secondary N) is 1. The number of hydrogen-bond donors (Lipinski definition) is 1. The molecule has 0 saturated heterocycles. The first-order valence-corrected chi connectivity index (χ1v) is 6.11. The molecule has 0 radical (unpaired) electrons. The molecule has 90 valence electrons. The molecule has 0 saturated carbocycles. The maximum absolute atomic E-state index is 4.57. The summed E-state index contributed by atoms with van der Waals surface area (Å²) in [5.74, 6) is 1.36. The van der Waals surface area contributed by atoms with Crippen LogP contribution >= 0.6 is 0 Å². The van der Waals surface area contributed by atoms with Gasteiger partial charge in [-0.25, -0.2) is 9.97 Å². The molecule has 1 aromatic rings. The lowest BCUT2D eigenvalue weighted by atomic mass is 10.1.